The number of fused-ring (bicyclic) bond motifs is 1. The topological polar surface area (TPSA) is 412 Å². The van der Waals surface area contributed by atoms with Crippen molar-refractivity contribution in [1.29, 1.82) is 0 Å². The summed E-state index contributed by atoms with van der Waals surface area (Å²) in [4.78, 5) is 141. The molecule has 1 heterocycles. The fraction of sp³-hybridized carbons (Fsp3) is 0.480. The van der Waals surface area contributed by atoms with Crippen LogP contribution in [-0.4, -0.2) is 133 Å². The van der Waals surface area contributed by atoms with Crippen molar-refractivity contribution in [3.63, 3.8) is 0 Å². The van der Waals surface area contributed by atoms with Gasteiger partial charge in [0.2, 0.25) is 17.7 Å². The number of aliphatic carboxylic acids is 5. The second-order valence-corrected chi connectivity index (χ2v) is 18.4. The first-order chi connectivity index (χ1) is 35.7. The first kappa shape index (κ1) is 59.3. The number of unbranched alkanes of at least 4 members (excludes halogenated alkanes) is 1. The number of aromatic nitrogens is 1. The number of nitrogens with zero attached hydrogens (tertiary/aromatic N) is 1. The Balaban J connectivity index is 1.33. The molecule has 406 valence electrons. The number of carboxylic acid groups (broad SMARTS) is 5. The van der Waals surface area contributed by atoms with Gasteiger partial charge in [0.25, 0.3) is 5.91 Å². The molecule has 1 aliphatic carbocycles. The number of pyridine rings is 1. The van der Waals surface area contributed by atoms with E-state index in [0.29, 0.717) is 25.7 Å². The summed E-state index contributed by atoms with van der Waals surface area (Å²) in [7, 11) is 0. The van der Waals surface area contributed by atoms with Crippen LogP contribution in [0, 0.1) is 17.8 Å². The monoisotopic (exact) mass is 1050 g/mol. The highest BCUT2D eigenvalue weighted by molar-refractivity contribution is 5.99. The molecule has 75 heavy (non-hydrogen) atoms. The summed E-state index contributed by atoms with van der Waals surface area (Å²) < 4.78 is 0. The molecule has 4 rings (SSSR count). The van der Waals surface area contributed by atoms with Gasteiger partial charge in [-0.2, -0.15) is 0 Å². The van der Waals surface area contributed by atoms with E-state index in [2.05, 4.69) is 42.3 Å². The number of nitrogens with one attached hydrogen (secondary N) is 7. The molecule has 2 aromatic carbocycles. The third-order valence-corrected chi connectivity index (χ3v) is 12.8. The van der Waals surface area contributed by atoms with Crippen LogP contribution in [0.4, 0.5) is 10.6 Å². The molecule has 3 aromatic rings. The van der Waals surface area contributed by atoms with Crippen LogP contribution in [-0.2, 0) is 49.6 Å². The van der Waals surface area contributed by atoms with Crippen LogP contribution >= 0.6 is 0 Å². The van der Waals surface area contributed by atoms with Gasteiger partial charge in [-0.05, 0) is 98.6 Å². The number of hydrazine groups is 1. The van der Waals surface area contributed by atoms with Gasteiger partial charge in [-0.15, -0.1) is 0 Å². The van der Waals surface area contributed by atoms with E-state index in [1.165, 1.54) is 18.3 Å². The number of urea groups is 1. The van der Waals surface area contributed by atoms with Crippen molar-refractivity contribution >= 4 is 81.9 Å². The zero-order chi connectivity index (χ0) is 55.0. The Kier molecular flexibility index (Phi) is 23.8. The fourth-order valence-electron chi connectivity index (χ4n) is 8.51. The van der Waals surface area contributed by atoms with Gasteiger partial charge in [-0.1, -0.05) is 42.5 Å². The number of carbonyl (C=O) groups is 11. The molecule has 1 fully saturated rings. The molecule has 14 N–H and O–H groups in total. The molecule has 0 spiro atoms. The SMILES string of the molecule is NNc1ccc(C(=O)NC(CCC(=O)O)C(=O)CC(CCC(=O)O)C(=O)NCC2CCC(C(=O)NC(Cc3ccc4ccccc4c3)C(=O)NCCCCC(NC(=O)NC(CCC(=O)O)C(=O)O)C(=O)O)CC2)cn1. The van der Waals surface area contributed by atoms with Gasteiger partial charge in [0.15, 0.2) is 5.78 Å². The van der Waals surface area contributed by atoms with Crippen LogP contribution in [0.3, 0.4) is 0 Å². The molecule has 0 radical (unpaired) electrons. The van der Waals surface area contributed by atoms with E-state index in [9.17, 15) is 73.2 Å². The molecule has 0 bridgehead atoms. The minimum atomic E-state index is -1.57. The summed E-state index contributed by atoms with van der Waals surface area (Å²) in [5.74, 6) is -5.61. The normalized spacial score (nSPS) is 16.1. The largest absolute Gasteiger partial charge is 0.481 e. The van der Waals surface area contributed by atoms with E-state index in [1.54, 1.807) is 0 Å². The maximum absolute atomic E-state index is 13.8. The third kappa shape index (κ3) is 20.7. The van der Waals surface area contributed by atoms with Crippen molar-refractivity contribution in [2.45, 2.75) is 120 Å². The highest BCUT2D eigenvalue weighted by Gasteiger charge is 2.33. The Morgan fingerprint density at radius 2 is 1.23 bits per heavy atom. The molecular weight excluding hydrogens is 983 g/mol. The lowest BCUT2D eigenvalue weighted by atomic mass is 9.81. The van der Waals surface area contributed by atoms with Gasteiger partial charge < -0.3 is 62.9 Å². The number of carbonyl (C=O) groups excluding carboxylic acids is 6. The molecule has 1 aliphatic rings. The highest BCUT2D eigenvalue weighted by Crippen LogP contribution is 2.29. The van der Waals surface area contributed by atoms with Crippen molar-refractivity contribution in [2.75, 3.05) is 18.5 Å². The third-order valence-electron chi connectivity index (χ3n) is 12.8. The zero-order valence-electron chi connectivity index (χ0n) is 41.1. The summed E-state index contributed by atoms with van der Waals surface area (Å²) in [6.45, 7) is 0.219. The zero-order valence-corrected chi connectivity index (χ0v) is 41.1. The molecule has 5 atom stereocenters. The van der Waals surface area contributed by atoms with Crippen LogP contribution in [0.1, 0.15) is 106 Å². The quantitative estimate of drug-likeness (QED) is 0.0241. The van der Waals surface area contributed by atoms with Crippen molar-refractivity contribution in [3.8, 4) is 0 Å². The van der Waals surface area contributed by atoms with Crippen LogP contribution in [0.2, 0.25) is 0 Å². The number of carboxylic acids is 5. The molecule has 6 amide bonds. The Labute approximate surface area is 430 Å². The Morgan fingerprint density at radius 1 is 0.613 bits per heavy atom. The molecular formula is C50H65N9O16. The van der Waals surface area contributed by atoms with Gasteiger partial charge in [0.05, 0.1) is 11.6 Å². The molecule has 25 nitrogen and oxygen atoms in total. The molecule has 5 unspecified atom stereocenters. The number of Topliss-reactive ketones (excluding diaryl/α,β-unsaturated/α-hetero) is 1. The Bertz CT molecular complexity index is 2520. The second-order valence-electron chi connectivity index (χ2n) is 18.4. The van der Waals surface area contributed by atoms with E-state index in [1.807, 2.05) is 42.5 Å². The number of anilines is 1. The van der Waals surface area contributed by atoms with Gasteiger partial charge in [-0.25, -0.2) is 25.2 Å². The number of hydrogen-bond donors (Lipinski definition) is 13. The number of benzene rings is 2. The second kappa shape index (κ2) is 30.1. The van der Waals surface area contributed by atoms with Crippen LogP contribution in [0.5, 0.6) is 0 Å². The van der Waals surface area contributed by atoms with Crippen molar-refractivity contribution in [3.05, 3.63) is 71.9 Å². The smallest absolute Gasteiger partial charge is 0.326 e. The summed E-state index contributed by atoms with van der Waals surface area (Å²) in [5.41, 5.74) is 3.13. The maximum Gasteiger partial charge on any atom is 0.326 e. The summed E-state index contributed by atoms with van der Waals surface area (Å²) in [5, 5.41) is 63.8. The molecule has 1 aromatic heterocycles. The van der Waals surface area contributed by atoms with Gasteiger partial charge in [-0.3, -0.25) is 38.4 Å². The van der Waals surface area contributed by atoms with Gasteiger partial charge in [0, 0.05) is 63.2 Å². The predicted molar refractivity (Wildman–Crippen MR) is 266 cm³/mol. The number of ketones is 1. The minimum absolute atomic E-state index is 0.0490. The van der Waals surface area contributed by atoms with Crippen molar-refractivity contribution in [1.82, 2.24) is 36.9 Å². The van der Waals surface area contributed by atoms with Crippen LogP contribution < -0.4 is 43.2 Å². The number of amides is 6. The van der Waals surface area contributed by atoms with E-state index in [4.69, 9.17) is 10.9 Å². The number of hydrogen-bond acceptors (Lipinski definition) is 14. The van der Waals surface area contributed by atoms with Crippen LogP contribution in [0.25, 0.3) is 10.8 Å². The minimum Gasteiger partial charge on any atom is -0.481 e. The lowest BCUT2D eigenvalue weighted by molar-refractivity contribution is -0.141. The van der Waals surface area contributed by atoms with E-state index < -0.39 is 127 Å². The fourth-order valence-corrected chi connectivity index (χ4v) is 8.51. The van der Waals surface area contributed by atoms with E-state index in [0.717, 1.165) is 16.3 Å². The van der Waals surface area contributed by atoms with E-state index in [-0.39, 0.29) is 74.8 Å². The molecule has 0 aliphatic heterocycles. The molecule has 25 heteroatoms. The summed E-state index contributed by atoms with van der Waals surface area (Å²) in [6.07, 6.45) is 0.589. The number of nitrogens with two attached hydrogens (primary N) is 1. The van der Waals surface area contributed by atoms with Crippen molar-refractivity contribution in [2.24, 2.45) is 23.6 Å². The highest BCUT2D eigenvalue weighted by atomic mass is 16.4. The average molecular weight is 1050 g/mol. The lowest BCUT2D eigenvalue weighted by Gasteiger charge is -2.30. The lowest BCUT2D eigenvalue weighted by Crippen LogP contribution is -2.51. The number of nitrogen functional groups attached to an aromatic ring is 1. The van der Waals surface area contributed by atoms with E-state index >= 15 is 0 Å². The van der Waals surface area contributed by atoms with Crippen molar-refractivity contribution < 1.29 is 78.3 Å². The average Bonchev–Trinajstić information content (AvgIpc) is 3.38. The van der Waals surface area contributed by atoms with Crippen LogP contribution in [0.15, 0.2) is 60.8 Å². The first-order valence-electron chi connectivity index (χ1n) is 24.5. The molecule has 0 saturated heterocycles. The maximum atomic E-state index is 13.8. The predicted octanol–water partition coefficient (Wildman–Crippen LogP) is 1.93. The Morgan fingerprint density at radius 3 is 1.83 bits per heavy atom. The first-order valence-corrected chi connectivity index (χ1v) is 24.5. The standard InChI is InChI=1S/C50H65N9O16/c51-59-40-18-14-34(27-53-40)46(69)55-35(16-20-42(63)64)39(60)25-33(15-19-41(61)62)44(67)54-26-28-8-12-31(13-9-28)45(68)56-38(24-29-10-11-30-5-1-2-6-32(30)23-29)47(70)52-22-4-3-7-36(48(71)72)57-50(75)58-37(49(73)74)17-21-43(65)66/h1-2,5-6,10-11,14,18,23,27-28,31,33,35-38H,3-4,7-9,12-13,15-17,19-22,24-26,51H2,(H,52,70)(H,53,59)(H,54,67)(H,55,69)(H,56,68)(H,61,62)(H,63,64)(H,65,66)(H,71,72)(H,73,74)(H2,57,58,75). The summed E-state index contributed by atoms with van der Waals surface area (Å²) in [6, 6.07) is 9.64. The van der Waals surface area contributed by atoms with Gasteiger partial charge >= 0.3 is 35.9 Å². The summed E-state index contributed by atoms with van der Waals surface area (Å²) >= 11 is 0. The van der Waals surface area contributed by atoms with Gasteiger partial charge in [0.1, 0.15) is 23.9 Å². The number of rotatable bonds is 32. The Hall–Kier alpha value is -8.22. The molecule has 1 saturated carbocycles.